The first kappa shape index (κ1) is 26.6. The number of fused-ring (bicyclic) bond motifs is 1. The molecule has 0 saturated carbocycles. The van der Waals surface area contributed by atoms with E-state index >= 15 is 0 Å². The maximum Gasteiger partial charge on any atom is 0.232 e. The Bertz CT molecular complexity index is 1460. The molecule has 1 fully saturated rings. The number of nitrogens with one attached hydrogen (secondary N) is 2. The van der Waals surface area contributed by atoms with Crippen LogP contribution in [0.2, 0.25) is 5.02 Å². The van der Waals surface area contributed by atoms with Crippen LogP contribution in [0.25, 0.3) is 11.3 Å². The van der Waals surface area contributed by atoms with Gasteiger partial charge in [-0.2, -0.15) is 9.97 Å². The minimum atomic E-state index is 0.445. The third-order valence-electron chi connectivity index (χ3n) is 7.52. The van der Waals surface area contributed by atoms with Crippen LogP contribution in [0.1, 0.15) is 42.6 Å². The van der Waals surface area contributed by atoms with E-state index in [1.165, 1.54) is 36.8 Å². The summed E-state index contributed by atoms with van der Waals surface area (Å²) in [5.74, 6) is 3.95. The predicted molar refractivity (Wildman–Crippen MR) is 166 cm³/mol. The first-order valence-electron chi connectivity index (χ1n) is 14.0. The Morgan fingerprint density at radius 3 is 2.35 bits per heavy atom. The van der Waals surface area contributed by atoms with E-state index in [1.807, 2.05) is 36.4 Å². The molecule has 2 aliphatic heterocycles. The SMILES string of the molecule is S=C(NCc1ccc(-c2ccc(Cl)cc2)o1)Nc1nc(N2CCCCCC2)cc(N2CCc3ccccc3C2)n1. The number of nitrogens with zero attached hydrogens (tertiary/aromatic N) is 4. The van der Waals surface area contributed by atoms with Crippen LogP contribution in [0.3, 0.4) is 0 Å². The van der Waals surface area contributed by atoms with Gasteiger partial charge in [0.15, 0.2) is 5.11 Å². The zero-order chi connectivity index (χ0) is 27.3. The van der Waals surface area contributed by atoms with Crippen molar-refractivity contribution in [3.05, 3.63) is 88.6 Å². The molecule has 0 atom stereocenters. The molecule has 9 heteroatoms. The molecular formula is C31H33ClN6OS. The highest BCUT2D eigenvalue weighted by Gasteiger charge is 2.21. The molecule has 40 heavy (non-hydrogen) atoms. The molecule has 2 N–H and O–H groups in total. The lowest BCUT2D eigenvalue weighted by atomic mass is 10.00. The summed E-state index contributed by atoms with van der Waals surface area (Å²) in [6.45, 7) is 4.22. The average molecular weight is 573 g/mol. The predicted octanol–water partition coefficient (Wildman–Crippen LogP) is 6.82. The van der Waals surface area contributed by atoms with Gasteiger partial charge in [0.25, 0.3) is 0 Å². The van der Waals surface area contributed by atoms with E-state index in [-0.39, 0.29) is 0 Å². The second kappa shape index (κ2) is 12.3. The Morgan fingerprint density at radius 2 is 1.57 bits per heavy atom. The quantitative estimate of drug-likeness (QED) is 0.244. The molecule has 1 saturated heterocycles. The highest BCUT2D eigenvalue weighted by atomic mass is 35.5. The van der Waals surface area contributed by atoms with Gasteiger partial charge in [-0.1, -0.05) is 48.7 Å². The molecular weight excluding hydrogens is 540 g/mol. The Hall–Kier alpha value is -3.62. The van der Waals surface area contributed by atoms with E-state index in [4.69, 9.17) is 38.2 Å². The summed E-state index contributed by atoms with van der Waals surface area (Å²) in [6.07, 6.45) is 5.90. The van der Waals surface area contributed by atoms with Gasteiger partial charge in [0.1, 0.15) is 23.2 Å². The number of thiocarbonyl (C=S) groups is 1. The summed E-state index contributed by atoms with van der Waals surface area (Å²) in [5, 5.41) is 7.63. The van der Waals surface area contributed by atoms with Crippen LogP contribution in [-0.4, -0.2) is 34.7 Å². The van der Waals surface area contributed by atoms with Gasteiger partial charge in [0.2, 0.25) is 5.95 Å². The fourth-order valence-corrected chi connectivity index (χ4v) is 5.64. The van der Waals surface area contributed by atoms with Gasteiger partial charge in [-0.05, 0) is 79.0 Å². The fourth-order valence-electron chi connectivity index (χ4n) is 5.35. The van der Waals surface area contributed by atoms with Gasteiger partial charge >= 0.3 is 0 Å². The summed E-state index contributed by atoms with van der Waals surface area (Å²) in [5.41, 5.74) is 3.75. The van der Waals surface area contributed by atoms with Crippen molar-refractivity contribution in [1.82, 2.24) is 15.3 Å². The zero-order valence-electron chi connectivity index (χ0n) is 22.4. The molecule has 2 aromatic heterocycles. The Balaban J connectivity index is 1.17. The Morgan fingerprint density at radius 1 is 0.850 bits per heavy atom. The lowest BCUT2D eigenvalue weighted by Crippen LogP contribution is -2.33. The van der Waals surface area contributed by atoms with Crippen LogP contribution >= 0.6 is 23.8 Å². The highest BCUT2D eigenvalue weighted by Crippen LogP contribution is 2.28. The van der Waals surface area contributed by atoms with Crippen LogP contribution in [0.5, 0.6) is 0 Å². The first-order valence-corrected chi connectivity index (χ1v) is 14.7. The molecule has 7 nitrogen and oxygen atoms in total. The largest absolute Gasteiger partial charge is 0.459 e. The van der Waals surface area contributed by atoms with Crippen molar-refractivity contribution < 1.29 is 4.42 Å². The van der Waals surface area contributed by atoms with Crippen LogP contribution in [0.15, 0.2) is 71.1 Å². The first-order chi connectivity index (χ1) is 19.6. The maximum absolute atomic E-state index is 6.01. The third-order valence-corrected chi connectivity index (χ3v) is 8.02. The van der Waals surface area contributed by atoms with Gasteiger partial charge in [-0.3, -0.25) is 0 Å². The number of halogens is 1. The van der Waals surface area contributed by atoms with Crippen molar-refractivity contribution in [1.29, 1.82) is 0 Å². The monoisotopic (exact) mass is 572 g/mol. The van der Waals surface area contributed by atoms with E-state index in [0.717, 1.165) is 61.3 Å². The summed E-state index contributed by atoms with van der Waals surface area (Å²) in [4.78, 5) is 14.5. The van der Waals surface area contributed by atoms with Gasteiger partial charge < -0.3 is 24.9 Å². The molecule has 2 aromatic carbocycles. The van der Waals surface area contributed by atoms with Gasteiger partial charge in [0.05, 0.1) is 6.54 Å². The zero-order valence-corrected chi connectivity index (χ0v) is 24.0. The van der Waals surface area contributed by atoms with Crippen molar-refractivity contribution >= 4 is 46.5 Å². The van der Waals surface area contributed by atoms with Crippen molar-refractivity contribution in [2.75, 3.05) is 34.8 Å². The topological polar surface area (TPSA) is 69.5 Å². The third kappa shape index (κ3) is 6.40. The van der Waals surface area contributed by atoms with Crippen LogP contribution in [-0.2, 0) is 19.5 Å². The summed E-state index contributed by atoms with van der Waals surface area (Å²) in [7, 11) is 0. The number of aromatic nitrogens is 2. The molecule has 4 aromatic rings. The molecule has 206 valence electrons. The standard InChI is InChI=1S/C31H33ClN6OS/c32-25-11-9-23(10-12-25)27-14-13-26(39-27)20-33-31(40)36-30-34-28(37-16-5-1-2-6-17-37)19-29(35-30)38-18-15-22-7-3-4-8-24(22)21-38/h3-4,7-14,19H,1-2,5-6,15-18,20-21H2,(H2,33,34,35,36,40). The van der Waals surface area contributed by atoms with Crippen molar-refractivity contribution in [2.24, 2.45) is 0 Å². The van der Waals surface area contributed by atoms with Gasteiger partial charge in [0, 0.05) is 42.8 Å². The molecule has 0 aliphatic carbocycles. The summed E-state index contributed by atoms with van der Waals surface area (Å²) < 4.78 is 6.01. The number of hydrogen-bond acceptors (Lipinski definition) is 6. The average Bonchev–Trinajstić information content (AvgIpc) is 3.28. The lowest BCUT2D eigenvalue weighted by Gasteiger charge is -2.31. The number of furan rings is 1. The molecule has 2 aliphatic rings. The summed E-state index contributed by atoms with van der Waals surface area (Å²) >= 11 is 11.7. The minimum Gasteiger partial charge on any atom is -0.459 e. The Kier molecular flexibility index (Phi) is 8.16. The summed E-state index contributed by atoms with van der Waals surface area (Å²) in [6, 6.07) is 22.3. The van der Waals surface area contributed by atoms with E-state index in [2.05, 4.69) is 50.8 Å². The molecule has 0 spiro atoms. The fraction of sp³-hybridized carbons (Fsp3) is 0.323. The van der Waals surface area contributed by atoms with Gasteiger partial charge in [-0.15, -0.1) is 0 Å². The highest BCUT2D eigenvalue weighted by molar-refractivity contribution is 7.80. The molecule has 0 radical (unpaired) electrons. The second-order valence-corrected chi connectivity index (χ2v) is 11.2. The molecule has 0 bridgehead atoms. The number of rotatable bonds is 6. The molecule has 6 rings (SSSR count). The number of benzene rings is 2. The van der Waals surface area contributed by atoms with Gasteiger partial charge in [-0.25, -0.2) is 0 Å². The van der Waals surface area contributed by atoms with Crippen LogP contribution in [0.4, 0.5) is 17.6 Å². The maximum atomic E-state index is 6.01. The normalized spacial score (nSPS) is 15.3. The van der Waals surface area contributed by atoms with Crippen LogP contribution < -0.4 is 20.4 Å². The van der Waals surface area contributed by atoms with E-state index in [9.17, 15) is 0 Å². The molecule has 4 heterocycles. The van der Waals surface area contributed by atoms with E-state index in [1.54, 1.807) is 0 Å². The van der Waals surface area contributed by atoms with E-state index in [0.29, 0.717) is 22.6 Å². The number of hydrogen-bond donors (Lipinski definition) is 2. The second-order valence-electron chi connectivity index (χ2n) is 10.3. The Labute approximate surface area is 245 Å². The minimum absolute atomic E-state index is 0.445. The van der Waals surface area contributed by atoms with Crippen LogP contribution in [0, 0.1) is 0 Å². The molecule has 0 unspecified atom stereocenters. The number of anilines is 3. The van der Waals surface area contributed by atoms with E-state index < -0.39 is 0 Å². The van der Waals surface area contributed by atoms with Crippen molar-refractivity contribution in [3.8, 4) is 11.3 Å². The smallest absolute Gasteiger partial charge is 0.232 e. The molecule has 0 amide bonds. The lowest BCUT2D eigenvalue weighted by molar-refractivity contribution is 0.516. The van der Waals surface area contributed by atoms with Crippen molar-refractivity contribution in [2.45, 2.75) is 45.2 Å². The van der Waals surface area contributed by atoms with Crippen molar-refractivity contribution in [3.63, 3.8) is 0 Å².